The molecule has 2 heterocycles. The number of likely N-dealkylation sites (tertiary alicyclic amines) is 1. The molecule has 3 N–H and O–H groups in total. The summed E-state index contributed by atoms with van der Waals surface area (Å²) < 4.78 is 12.0. The van der Waals surface area contributed by atoms with Crippen molar-refractivity contribution >= 4 is 23.6 Å². The van der Waals surface area contributed by atoms with E-state index in [4.69, 9.17) is 9.47 Å². The molecule has 1 saturated heterocycles. The van der Waals surface area contributed by atoms with E-state index in [1.54, 1.807) is 57.3 Å². The van der Waals surface area contributed by atoms with Crippen LogP contribution in [0.25, 0.3) is 0 Å². The maximum absolute atomic E-state index is 14.5. The van der Waals surface area contributed by atoms with E-state index >= 15 is 0 Å². The first-order valence-corrected chi connectivity index (χ1v) is 21.0. The summed E-state index contributed by atoms with van der Waals surface area (Å²) in [6.45, 7) is 16.5. The molecular weight excluding hydrogens is 737 g/mol. The van der Waals surface area contributed by atoms with E-state index in [1.807, 2.05) is 96.0 Å². The van der Waals surface area contributed by atoms with Crippen molar-refractivity contribution in [3.63, 3.8) is 0 Å². The van der Waals surface area contributed by atoms with Crippen LogP contribution < -0.4 is 10.6 Å². The lowest BCUT2D eigenvalue weighted by Crippen LogP contribution is -2.60. The number of benzene rings is 1. The highest BCUT2D eigenvalue weighted by Gasteiger charge is 2.43. The molecule has 1 aromatic carbocycles. The first kappa shape index (κ1) is 48.5. The van der Waals surface area contributed by atoms with Gasteiger partial charge in [0, 0.05) is 46.8 Å². The van der Waals surface area contributed by atoms with Gasteiger partial charge in [0.25, 0.3) is 0 Å². The highest BCUT2D eigenvalue weighted by molar-refractivity contribution is 5.90. The molecule has 1 aliphatic heterocycles. The Morgan fingerprint density at radius 3 is 2.09 bits per heavy atom. The molecule has 1 fully saturated rings. The van der Waals surface area contributed by atoms with Crippen LogP contribution in [0.1, 0.15) is 98.3 Å². The second-order valence-corrected chi connectivity index (χ2v) is 16.9. The zero-order valence-corrected chi connectivity index (χ0v) is 37.1. The minimum atomic E-state index is -0.883. The van der Waals surface area contributed by atoms with Gasteiger partial charge in [-0.05, 0) is 67.8 Å². The predicted octanol–water partition coefficient (Wildman–Crippen LogP) is 4.84. The van der Waals surface area contributed by atoms with Gasteiger partial charge in [0.1, 0.15) is 6.04 Å². The molecule has 10 atom stereocenters. The van der Waals surface area contributed by atoms with Gasteiger partial charge in [0.15, 0.2) is 0 Å². The molecule has 0 saturated carbocycles. The van der Waals surface area contributed by atoms with Crippen LogP contribution in [0.5, 0.6) is 0 Å². The van der Waals surface area contributed by atoms with Crippen molar-refractivity contribution in [2.75, 3.05) is 34.9 Å². The Morgan fingerprint density at radius 1 is 0.897 bits per heavy atom. The van der Waals surface area contributed by atoms with E-state index < -0.39 is 48.4 Å². The molecule has 13 nitrogen and oxygen atoms in total. The van der Waals surface area contributed by atoms with Crippen molar-refractivity contribution in [2.24, 2.45) is 23.7 Å². The van der Waals surface area contributed by atoms with E-state index in [-0.39, 0.29) is 53.8 Å². The average Bonchev–Trinajstić information content (AvgIpc) is 3.69. The molecule has 13 heteroatoms. The molecular formula is C45H72N6O7. The second-order valence-electron chi connectivity index (χ2n) is 16.9. The first-order valence-electron chi connectivity index (χ1n) is 21.0. The Balaban J connectivity index is 1.76. The van der Waals surface area contributed by atoms with Gasteiger partial charge in [-0.2, -0.15) is 0 Å². The molecule has 2 aromatic rings. The van der Waals surface area contributed by atoms with Gasteiger partial charge in [-0.1, -0.05) is 85.2 Å². The van der Waals surface area contributed by atoms with E-state index in [0.717, 1.165) is 18.4 Å². The molecule has 0 aliphatic carbocycles. The Morgan fingerprint density at radius 2 is 1.53 bits per heavy atom. The third kappa shape index (κ3) is 12.5. The van der Waals surface area contributed by atoms with Crippen molar-refractivity contribution in [3.05, 3.63) is 66.0 Å². The number of hydrogen-bond donors (Lipinski definition) is 3. The summed E-state index contributed by atoms with van der Waals surface area (Å²) in [6.07, 6.45) is 3.52. The van der Waals surface area contributed by atoms with Crippen molar-refractivity contribution < 1.29 is 33.8 Å². The van der Waals surface area contributed by atoms with E-state index in [2.05, 4.69) is 15.6 Å². The van der Waals surface area contributed by atoms with Crippen LogP contribution in [-0.4, -0.2) is 126 Å². The standard InChI is InChI=1S/C45H72N6O7/c1-13-30(6)40(50(10)45(56)38(28(2)3)48-44(55)39(29(4)5)49(9)27-33-21-23-46-24-22-33)36(57-11)26-37(52)51-25-17-20-35(51)42(58-12)31(7)43(54)47-32(8)41(53)34-18-15-14-16-19-34/h14-16,18-19,21-24,28-32,35-36,38-42,53H,13,17,20,25-27H2,1-12H3,(H,47,54)(H,48,55)/t30-,31+,32+,35-,36+,38-,39?,40?,41+,42+/m0/s1. The van der Waals surface area contributed by atoms with Gasteiger partial charge in [0.05, 0.1) is 54.8 Å². The molecule has 0 radical (unpaired) electrons. The third-order valence-electron chi connectivity index (χ3n) is 12.0. The molecule has 2 unspecified atom stereocenters. The lowest BCUT2D eigenvalue weighted by Gasteiger charge is -2.41. The highest BCUT2D eigenvalue weighted by Crippen LogP contribution is 2.30. The van der Waals surface area contributed by atoms with Gasteiger partial charge in [-0.15, -0.1) is 0 Å². The number of carbonyl (C=O) groups excluding carboxylic acids is 4. The molecule has 3 rings (SSSR count). The Bertz CT molecular complexity index is 1580. The average molecular weight is 809 g/mol. The monoisotopic (exact) mass is 809 g/mol. The molecule has 0 spiro atoms. The van der Waals surface area contributed by atoms with Gasteiger partial charge < -0.3 is 35.0 Å². The summed E-state index contributed by atoms with van der Waals surface area (Å²) in [7, 11) is 6.77. The van der Waals surface area contributed by atoms with Crippen LogP contribution in [0.4, 0.5) is 0 Å². The highest BCUT2D eigenvalue weighted by atomic mass is 16.5. The number of aliphatic hydroxyl groups is 1. The Hall–Kier alpha value is -3.91. The van der Waals surface area contributed by atoms with Crippen LogP contribution in [0.3, 0.4) is 0 Å². The minimum absolute atomic E-state index is 0.0187. The van der Waals surface area contributed by atoms with E-state index in [1.165, 1.54) is 0 Å². The molecule has 58 heavy (non-hydrogen) atoms. The van der Waals surface area contributed by atoms with Crippen molar-refractivity contribution in [2.45, 2.75) is 136 Å². The number of likely N-dealkylation sites (N-methyl/N-ethyl adjacent to an activating group) is 2. The number of nitrogens with one attached hydrogen (secondary N) is 2. The first-order chi connectivity index (χ1) is 27.5. The fourth-order valence-electron chi connectivity index (χ4n) is 8.54. The van der Waals surface area contributed by atoms with Crippen molar-refractivity contribution in [3.8, 4) is 0 Å². The van der Waals surface area contributed by atoms with Crippen molar-refractivity contribution in [1.82, 2.24) is 30.3 Å². The smallest absolute Gasteiger partial charge is 0.245 e. The maximum Gasteiger partial charge on any atom is 0.245 e. The zero-order valence-electron chi connectivity index (χ0n) is 37.1. The number of aromatic nitrogens is 1. The van der Waals surface area contributed by atoms with Crippen LogP contribution in [-0.2, 0) is 35.2 Å². The number of ether oxygens (including phenoxy) is 2. The normalized spacial score (nSPS) is 19.2. The summed E-state index contributed by atoms with van der Waals surface area (Å²) in [5, 5.41) is 16.9. The molecule has 324 valence electrons. The maximum atomic E-state index is 14.5. The zero-order chi connectivity index (χ0) is 43.3. The van der Waals surface area contributed by atoms with E-state index in [0.29, 0.717) is 25.1 Å². The number of pyridine rings is 1. The second kappa shape index (κ2) is 23.0. The molecule has 4 amide bonds. The molecule has 1 aliphatic rings. The predicted molar refractivity (Wildman–Crippen MR) is 226 cm³/mol. The summed E-state index contributed by atoms with van der Waals surface area (Å²) in [5.74, 6) is -1.76. The third-order valence-corrected chi connectivity index (χ3v) is 12.0. The largest absolute Gasteiger partial charge is 0.386 e. The molecule has 1 aromatic heterocycles. The summed E-state index contributed by atoms with van der Waals surface area (Å²) in [6, 6.07) is 10.4. The van der Waals surface area contributed by atoms with E-state index in [9.17, 15) is 24.3 Å². The van der Waals surface area contributed by atoms with Crippen LogP contribution in [0, 0.1) is 23.7 Å². The quantitative estimate of drug-likeness (QED) is 0.152. The summed E-state index contributed by atoms with van der Waals surface area (Å²) in [5.41, 5.74) is 1.74. The number of hydrogen-bond acceptors (Lipinski definition) is 9. The van der Waals surface area contributed by atoms with Crippen LogP contribution in [0.15, 0.2) is 54.9 Å². The lowest BCUT2D eigenvalue weighted by atomic mass is 9.89. The van der Waals surface area contributed by atoms with Crippen molar-refractivity contribution in [1.29, 1.82) is 0 Å². The lowest BCUT2D eigenvalue weighted by molar-refractivity contribution is -0.148. The van der Waals surface area contributed by atoms with Gasteiger partial charge >= 0.3 is 0 Å². The molecule has 0 bridgehead atoms. The van der Waals surface area contributed by atoms with Gasteiger partial charge in [-0.3, -0.25) is 29.1 Å². The number of amides is 4. The number of aliphatic hydroxyl groups excluding tert-OH is 1. The fourth-order valence-corrected chi connectivity index (χ4v) is 8.54. The fraction of sp³-hybridized carbons (Fsp3) is 0.667. The number of rotatable bonds is 22. The minimum Gasteiger partial charge on any atom is -0.386 e. The van der Waals surface area contributed by atoms with Gasteiger partial charge in [-0.25, -0.2) is 0 Å². The number of methoxy groups -OCH3 is 2. The number of carbonyl (C=O) groups is 4. The summed E-state index contributed by atoms with van der Waals surface area (Å²) >= 11 is 0. The Labute approximate surface area is 347 Å². The SMILES string of the molecule is CC[C@H](C)C([C@@H](CC(=O)N1CCC[C@H]1[C@H](OC)[C@@H](C)C(=O)N[C@H](C)[C@@H](O)c1ccccc1)OC)N(C)C(=O)[C@@H](NC(=O)C(C(C)C)N(C)Cc1ccncc1)C(C)C. The summed E-state index contributed by atoms with van der Waals surface area (Å²) in [4.78, 5) is 65.9. The Kier molecular flexibility index (Phi) is 19.2. The van der Waals surface area contributed by atoms with Crippen LogP contribution in [0.2, 0.25) is 0 Å². The topological polar surface area (TPSA) is 154 Å². The van der Waals surface area contributed by atoms with Crippen LogP contribution >= 0.6 is 0 Å². The number of nitrogens with zero attached hydrogens (tertiary/aromatic N) is 4. The van der Waals surface area contributed by atoms with Gasteiger partial charge in [0.2, 0.25) is 23.6 Å².